The van der Waals surface area contributed by atoms with Crippen LogP contribution in [0, 0.1) is 12.8 Å². The smallest absolute Gasteiger partial charge is 0.257 e. The van der Waals surface area contributed by atoms with Crippen LogP contribution in [0.5, 0.6) is 0 Å². The van der Waals surface area contributed by atoms with Crippen molar-refractivity contribution in [2.24, 2.45) is 5.92 Å². The molecule has 1 amide bonds. The molecule has 26 heavy (non-hydrogen) atoms. The maximum atomic E-state index is 13.3. The molecule has 2 aromatic heterocycles. The third-order valence-electron chi connectivity index (χ3n) is 5.33. The van der Waals surface area contributed by atoms with Crippen LogP contribution in [0.25, 0.3) is 0 Å². The van der Waals surface area contributed by atoms with Crippen molar-refractivity contribution < 1.29 is 13.9 Å². The minimum atomic E-state index is 0.0904. The number of aromatic nitrogens is 2. The zero-order chi connectivity index (χ0) is 17.9. The number of hydrogen-bond acceptors (Lipinski definition) is 5. The van der Waals surface area contributed by atoms with E-state index in [0.717, 1.165) is 60.4 Å². The molecule has 0 aromatic carbocycles. The lowest BCUT2D eigenvalue weighted by Gasteiger charge is -2.24. The SMILES string of the molecule is Cc1oc2c(c1C(=O)N1CCOC[C@@H](Cc3ccncn3)C1)CCCC2. The van der Waals surface area contributed by atoms with E-state index in [2.05, 4.69) is 9.97 Å². The summed E-state index contributed by atoms with van der Waals surface area (Å²) in [5.74, 6) is 2.10. The molecule has 1 aliphatic carbocycles. The normalized spacial score (nSPS) is 20.5. The first-order chi connectivity index (χ1) is 12.7. The van der Waals surface area contributed by atoms with Crippen LogP contribution in [0.2, 0.25) is 0 Å². The van der Waals surface area contributed by atoms with Gasteiger partial charge in [-0.2, -0.15) is 0 Å². The van der Waals surface area contributed by atoms with Gasteiger partial charge in [-0.25, -0.2) is 9.97 Å². The Hall–Kier alpha value is -2.21. The first kappa shape index (κ1) is 17.2. The Morgan fingerprint density at radius 3 is 3.08 bits per heavy atom. The Morgan fingerprint density at radius 2 is 2.23 bits per heavy atom. The van der Waals surface area contributed by atoms with Gasteiger partial charge in [-0.1, -0.05) is 0 Å². The van der Waals surface area contributed by atoms with Crippen LogP contribution in [-0.4, -0.2) is 47.1 Å². The van der Waals surface area contributed by atoms with Crippen LogP contribution < -0.4 is 0 Å². The topological polar surface area (TPSA) is 68.5 Å². The first-order valence-corrected chi connectivity index (χ1v) is 9.45. The summed E-state index contributed by atoms with van der Waals surface area (Å²) in [6, 6.07) is 1.92. The van der Waals surface area contributed by atoms with Gasteiger partial charge in [-0.3, -0.25) is 4.79 Å². The summed E-state index contributed by atoms with van der Waals surface area (Å²) in [5, 5.41) is 0. The second-order valence-corrected chi connectivity index (χ2v) is 7.24. The molecule has 0 N–H and O–H groups in total. The molecule has 1 atom stereocenters. The van der Waals surface area contributed by atoms with Gasteiger partial charge in [0.05, 0.1) is 18.8 Å². The van der Waals surface area contributed by atoms with Crippen LogP contribution in [0.3, 0.4) is 0 Å². The maximum Gasteiger partial charge on any atom is 0.257 e. The molecular weight excluding hydrogens is 330 g/mol. The van der Waals surface area contributed by atoms with E-state index in [-0.39, 0.29) is 11.8 Å². The highest BCUT2D eigenvalue weighted by atomic mass is 16.5. The molecule has 0 unspecified atom stereocenters. The zero-order valence-corrected chi connectivity index (χ0v) is 15.2. The molecule has 1 fully saturated rings. The summed E-state index contributed by atoms with van der Waals surface area (Å²) in [4.78, 5) is 23.5. The molecule has 6 nitrogen and oxygen atoms in total. The summed E-state index contributed by atoms with van der Waals surface area (Å²) >= 11 is 0. The number of nitrogens with zero attached hydrogens (tertiary/aromatic N) is 3. The fourth-order valence-electron chi connectivity index (χ4n) is 4.06. The molecule has 0 spiro atoms. The summed E-state index contributed by atoms with van der Waals surface area (Å²) in [5.41, 5.74) is 2.92. The van der Waals surface area contributed by atoms with Gasteiger partial charge in [0.25, 0.3) is 5.91 Å². The van der Waals surface area contributed by atoms with E-state index in [1.807, 2.05) is 17.9 Å². The summed E-state index contributed by atoms with van der Waals surface area (Å²) in [7, 11) is 0. The monoisotopic (exact) mass is 355 g/mol. The van der Waals surface area contributed by atoms with Gasteiger partial charge in [0.2, 0.25) is 0 Å². The summed E-state index contributed by atoms with van der Waals surface area (Å²) in [6.45, 7) is 4.44. The number of carbonyl (C=O) groups is 1. The average Bonchev–Trinajstić information content (AvgIpc) is 2.82. The predicted molar refractivity (Wildman–Crippen MR) is 96.0 cm³/mol. The van der Waals surface area contributed by atoms with Crippen LogP contribution >= 0.6 is 0 Å². The number of amides is 1. The third kappa shape index (κ3) is 3.51. The van der Waals surface area contributed by atoms with Crippen molar-refractivity contribution in [1.29, 1.82) is 0 Å². The number of ether oxygens (including phenoxy) is 1. The number of furan rings is 1. The molecule has 1 saturated heterocycles. The van der Waals surface area contributed by atoms with Crippen LogP contribution in [0.15, 0.2) is 23.0 Å². The minimum absolute atomic E-state index is 0.0904. The second-order valence-electron chi connectivity index (χ2n) is 7.24. The maximum absolute atomic E-state index is 13.3. The van der Waals surface area contributed by atoms with Crippen molar-refractivity contribution in [3.8, 4) is 0 Å². The van der Waals surface area contributed by atoms with Crippen molar-refractivity contribution >= 4 is 5.91 Å². The van der Waals surface area contributed by atoms with Crippen molar-refractivity contribution in [1.82, 2.24) is 14.9 Å². The Bertz CT molecular complexity index is 772. The highest BCUT2D eigenvalue weighted by Gasteiger charge is 2.30. The predicted octanol–water partition coefficient (Wildman–Crippen LogP) is 2.59. The lowest BCUT2D eigenvalue weighted by molar-refractivity contribution is 0.0734. The van der Waals surface area contributed by atoms with Gasteiger partial charge in [0.15, 0.2) is 0 Å². The van der Waals surface area contributed by atoms with Crippen molar-refractivity contribution in [2.75, 3.05) is 26.3 Å². The molecule has 2 aliphatic rings. The molecule has 0 radical (unpaired) electrons. The molecule has 0 saturated carbocycles. The summed E-state index contributed by atoms with van der Waals surface area (Å²) in [6.07, 6.45) is 8.28. The van der Waals surface area contributed by atoms with Crippen molar-refractivity contribution in [2.45, 2.75) is 39.0 Å². The van der Waals surface area contributed by atoms with E-state index < -0.39 is 0 Å². The second kappa shape index (κ2) is 7.58. The number of carbonyl (C=O) groups excluding carboxylic acids is 1. The van der Waals surface area contributed by atoms with E-state index in [0.29, 0.717) is 26.3 Å². The van der Waals surface area contributed by atoms with E-state index in [1.165, 1.54) is 0 Å². The van der Waals surface area contributed by atoms with E-state index >= 15 is 0 Å². The van der Waals surface area contributed by atoms with E-state index in [9.17, 15) is 4.79 Å². The summed E-state index contributed by atoms with van der Waals surface area (Å²) < 4.78 is 11.7. The lowest BCUT2D eigenvalue weighted by Crippen LogP contribution is -2.37. The fourth-order valence-corrected chi connectivity index (χ4v) is 4.06. The Labute approximate surface area is 153 Å². The van der Waals surface area contributed by atoms with Gasteiger partial charge in [0.1, 0.15) is 17.8 Å². The highest BCUT2D eigenvalue weighted by molar-refractivity contribution is 5.97. The number of rotatable bonds is 3. The molecule has 3 heterocycles. The van der Waals surface area contributed by atoms with Crippen LogP contribution in [0.4, 0.5) is 0 Å². The molecule has 4 rings (SSSR count). The van der Waals surface area contributed by atoms with Crippen LogP contribution in [0.1, 0.15) is 46.0 Å². The van der Waals surface area contributed by atoms with Gasteiger partial charge in [0, 0.05) is 42.9 Å². The lowest BCUT2D eigenvalue weighted by atomic mass is 9.94. The number of aryl methyl sites for hydroxylation is 2. The molecule has 2 aromatic rings. The highest BCUT2D eigenvalue weighted by Crippen LogP contribution is 2.31. The zero-order valence-electron chi connectivity index (χ0n) is 15.2. The molecule has 1 aliphatic heterocycles. The molecule has 6 heteroatoms. The van der Waals surface area contributed by atoms with Crippen molar-refractivity contribution in [3.05, 3.63) is 46.9 Å². The fraction of sp³-hybridized carbons (Fsp3) is 0.550. The quantitative estimate of drug-likeness (QED) is 0.846. The van der Waals surface area contributed by atoms with Gasteiger partial charge in [-0.15, -0.1) is 0 Å². The number of fused-ring (bicyclic) bond motifs is 1. The van der Waals surface area contributed by atoms with E-state index in [4.69, 9.17) is 9.15 Å². The minimum Gasteiger partial charge on any atom is -0.465 e. The standard InChI is InChI=1S/C20H25N3O3/c1-14-19(17-4-2-3-5-18(17)26-14)20(24)23-8-9-25-12-15(11-23)10-16-6-7-21-13-22-16/h6-7,13,15H,2-5,8-12H2,1H3/t15-/m0/s1. The molecule has 138 valence electrons. The Morgan fingerprint density at radius 1 is 1.35 bits per heavy atom. The van der Waals surface area contributed by atoms with Gasteiger partial charge < -0.3 is 14.1 Å². The van der Waals surface area contributed by atoms with Gasteiger partial charge in [-0.05, 0) is 38.7 Å². The molecule has 0 bridgehead atoms. The Balaban J connectivity index is 1.53. The number of hydrogen-bond donors (Lipinski definition) is 0. The Kier molecular flexibility index (Phi) is 5.02. The molecular formula is C20H25N3O3. The largest absolute Gasteiger partial charge is 0.465 e. The van der Waals surface area contributed by atoms with Crippen LogP contribution in [-0.2, 0) is 24.0 Å². The third-order valence-corrected chi connectivity index (χ3v) is 5.33. The van der Waals surface area contributed by atoms with E-state index in [1.54, 1.807) is 12.5 Å². The average molecular weight is 355 g/mol. The van der Waals surface area contributed by atoms with Gasteiger partial charge >= 0.3 is 0 Å². The first-order valence-electron chi connectivity index (χ1n) is 9.45. The van der Waals surface area contributed by atoms with Crippen molar-refractivity contribution in [3.63, 3.8) is 0 Å².